The summed E-state index contributed by atoms with van der Waals surface area (Å²) in [6.45, 7) is 0. The summed E-state index contributed by atoms with van der Waals surface area (Å²) in [5, 5.41) is 1.95. The van der Waals surface area contributed by atoms with Crippen molar-refractivity contribution in [3.63, 3.8) is 0 Å². The Morgan fingerprint density at radius 1 is 0.882 bits per heavy atom. The molecule has 2 aromatic rings. The third kappa shape index (κ3) is 3.63. The Labute approximate surface area is 118 Å². The standard InChI is InChI=1S/C13H9BrCl2O/c14-8-9-1-3-12(4-2-9)17-13-6-10(15)5-11(16)7-13/h1-7H,8H2. The molecule has 0 aliphatic heterocycles. The first-order valence-electron chi connectivity index (χ1n) is 4.96. The van der Waals surface area contributed by atoms with Crippen LogP contribution in [-0.4, -0.2) is 0 Å². The third-order valence-electron chi connectivity index (χ3n) is 2.15. The molecule has 17 heavy (non-hydrogen) atoms. The molecule has 0 amide bonds. The molecule has 0 aromatic heterocycles. The first kappa shape index (κ1) is 12.7. The molecular weight excluding hydrogens is 323 g/mol. The van der Waals surface area contributed by atoms with Gasteiger partial charge in [0.1, 0.15) is 11.5 Å². The second kappa shape index (κ2) is 5.76. The molecule has 0 aliphatic carbocycles. The van der Waals surface area contributed by atoms with Gasteiger partial charge in [-0.15, -0.1) is 0 Å². The van der Waals surface area contributed by atoms with Crippen LogP contribution >= 0.6 is 39.1 Å². The highest BCUT2D eigenvalue weighted by molar-refractivity contribution is 9.08. The fraction of sp³-hybridized carbons (Fsp3) is 0.0769. The summed E-state index contributed by atoms with van der Waals surface area (Å²) in [5.74, 6) is 1.39. The van der Waals surface area contributed by atoms with Crippen molar-refractivity contribution >= 4 is 39.1 Å². The van der Waals surface area contributed by atoms with E-state index < -0.39 is 0 Å². The van der Waals surface area contributed by atoms with Gasteiger partial charge < -0.3 is 4.74 Å². The van der Waals surface area contributed by atoms with Crippen molar-refractivity contribution in [1.82, 2.24) is 0 Å². The van der Waals surface area contributed by atoms with E-state index in [1.807, 2.05) is 24.3 Å². The van der Waals surface area contributed by atoms with Gasteiger partial charge in [0.05, 0.1) is 0 Å². The smallest absolute Gasteiger partial charge is 0.130 e. The summed E-state index contributed by atoms with van der Waals surface area (Å²) in [6, 6.07) is 12.9. The molecule has 2 aromatic carbocycles. The van der Waals surface area contributed by atoms with Crippen molar-refractivity contribution in [3.05, 3.63) is 58.1 Å². The van der Waals surface area contributed by atoms with E-state index in [0.717, 1.165) is 11.1 Å². The van der Waals surface area contributed by atoms with Gasteiger partial charge in [-0.2, -0.15) is 0 Å². The molecule has 0 unspecified atom stereocenters. The van der Waals surface area contributed by atoms with Crippen LogP contribution in [0.4, 0.5) is 0 Å². The van der Waals surface area contributed by atoms with Crippen molar-refractivity contribution in [1.29, 1.82) is 0 Å². The first-order valence-corrected chi connectivity index (χ1v) is 6.84. The lowest BCUT2D eigenvalue weighted by Gasteiger charge is -2.07. The van der Waals surface area contributed by atoms with Crippen LogP contribution in [0.5, 0.6) is 11.5 Å². The van der Waals surface area contributed by atoms with E-state index in [9.17, 15) is 0 Å². The predicted molar refractivity (Wildman–Crippen MR) is 75.6 cm³/mol. The fourth-order valence-corrected chi connectivity index (χ4v) is 2.25. The SMILES string of the molecule is Clc1cc(Cl)cc(Oc2ccc(CBr)cc2)c1. The van der Waals surface area contributed by atoms with Gasteiger partial charge in [-0.3, -0.25) is 0 Å². The summed E-state index contributed by atoms with van der Waals surface area (Å²) in [6.07, 6.45) is 0. The van der Waals surface area contributed by atoms with Crippen LogP contribution in [0.1, 0.15) is 5.56 Å². The minimum atomic E-state index is 0.560. The highest BCUT2D eigenvalue weighted by atomic mass is 79.9. The molecule has 0 heterocycles. The van der Waals surface area contributed by atoms with E-state index in [1.54, 1.807) is 18.2 Å². The Kier molecular flexibility index (Phi) is 4.32. The third-order valence-corrected chi connectivity index (χ3v) is 3.23. The molecular formula is C13H9BrCl2O. The molecule has 2 rings (SSSR count). The zero-order valence-corrected chi connectivity index (χ0v) is 11.9. The molecule has 0 fully saturated rings. The lowest BCUT2D eigenvalue weighted by molar-refractivity contribution is 0.482. The molecule has 0 aliphatic rings. The van der Waals surface area contributed by atoms with Gasteiger partial charge in [0.15, 0.2) is 0 Å². The maximum atomic E-state index is 5.89. The molecule has 4 heteroatoms. The van der Waals surface area contributed by atoms with Gasteiger partial charge >= 0.3 is 0 Å². The zero-order chi connectivity index (χ0) is 12.3. The molecule has 0 bridgehead atoms. The Morgan fingerprint density at radius 3 is 2.00 bits per heavy atom. The Balaban J connectivity index is 2.19. The van der Waals surface area contributed by atoms with Crippen LogP contribution in [0.15, 0.2) is 42.5 Å². The van der Waals surface area contributed by atoms with E-state index in [4.69, 9.17) is 27.9 Å². The molecule has 88 valence electrons. The topological polar surface area (TPSA) is 9.23 Å². The van der Waals surface area contributed by atoms with Crippen molar-refractivity contribution in [2.75, 3.05) is 0 Å². The first-order chi connectivity index (χ1) is 8.17. The number of rotatable bonds is 3. The number of hydrogen-bond donors (Lipinski definition) is 0. The van der Waals surface area contributed by atoms with Gasteiger partial charge in [0.2, 0.25) is 0 Å². The van der Waals surface area contributed by atoms with Crippen LogP contribution in [0.25, 0.3) is 0 Å². The normalized spacial score (nSPS) is 10.3. The summed E-state index contributed by atoms with van der Waals surface area (Å²) < 4.78 is 5.66. The monoisotopic (exact) mass is 330 g/mol. The largest absolute Gasteiger partial charge is 0.457 e. The predicted octanol–water partition coefficient (Wildman–Crippen LogP) is 5.68. The number of ether oxygens (including phenoxy) is 1. The lowest BCUT2D eigenvalue weighted by Crippen LogP contribution is -1.85. The van der Waals surface area contributed by atoms with Crippen LogP contribution < -0.4 is 4.74 Å². The molecule has 0 spiro atoms. The van der Waals surface area contributed by atoms with Gasteiger partial charge in [-0.25, -0.2) is 0 Å². The maximum absolute atomic E-state index is 5.89. The summed E-state index contributed by atoms with van der Waals surface area (Å²) >= 11 is 15.2. The van der Waals surface area contributed by atoms with Crippen LogP contribution in [0, 0.1) is 0 Å². The van der Waals surface area contributed by atoms with Gasteiger partial charge in [0, 0.05) is 15.4 Å². The minimum Gasteiger partial charge on any atom is -0.457 e. The molecule has 0 saturated carbocycles. The van der Waals surface area contributed by atoms with E-state index in [2.05, 4.69) is 15.9 Å². The fourth-order valence-electron chi connectivity index (χ4n) is 1.37. The molecule has 0 N–H and O–H groups in total. The Hall–Kier alpha value is -0.700. The second-order valence-corrected chi connectivity index (χ2v) is 4.92. The van der Waals surface area contributed by atoms with Crippen LogP contribution in [0.2, 0.25) is 10.0 Å². The number of halogens is 3. The van der Waals surface area contributed by atoms with Crippen molar-refractivity contribution < 1.29 is 4.74 Å². The number of benzene rings is 2. The van der Waals surface area contributed by atoms with E-state index in [0.29, 0.717) is 15.8 Å². The molecule has 0 radical (unpaired) electrons. The average molecular weight is 332 g/mol. The Morgan fingerprint density at radius 2 is 1.47 bits per heavy atom. The van der Waals surface area contributed by atoms with Gasteiger partial charge in [-0.05, 0) is 35.9 Å². The average Bonchev–Trinajstić information content (AvgIpc) is 2.28. The van der Waals surface area contributed by atoms with E-state index >= 15 is 0 Å². The summed E-state index contributed by atoms with van der Waals surface area (Å²) in [7, 11) is 0. The second-order valence-electron chi connectivity index (χ2n) is 3.48. The maximum Gasteiger partial charge on any atom is 0.130 e. The minimum absolute atomic E-state index is 0.560. The highest BCUT2D eigenvalue weighted by Crippen LogP contribution is 2.28. The summed E-state index contributed by atoms with van der Waals surface area (Å²) in [4.78, 5) is 0. The van der Waals surface area contributed by atoms with Crippen LogP contribution in [0.3, 0.4) is 0 Å². The highest BCUT2D eigenvalue weighted by Gasteiger charge is 2.01. The van der Waals surface area contributed by atoms with Gasteiger partial charge in [0.25, 0.3) is 0 Å². The number of hydrogen-bond acceptors (Lipinski definition) is 1. The Bertz CT molecular complexity index is 491. The number of alkyl halides is 1. The van der Waals surface area contributed by atoms with Gasteiger partial charge in [-0.1, -0.05) is 51.3 Å². The van der Waals surface area contributed by atoms with Crippen molar-refractivity contribution in [2.45, 2.75) is 5.33 Å². The van der Waals surface area contributed by atoms with E-state index in [1.165, 1.54) is 5.56 Å². The zero-order valence-electron chi connectivity index (χ0n) is 8.79. The van der Waals surface area contributed by atoms with Crippen molar-refractivity contribution in [2.24, 2.45) is 0 Å². The van der Waals surface area contributed by atoms with E-state index in [-0.39, 0.29) is 0 Å². The summed E-state index contributed by atoms with van der Waals surface area (Å²) in [5.41, 5.74) is 1.20. The van der Waals surface area contributed by atoms with Crippen molar-refractivity contribution in [3.8, 4) is 11.5 Å². The quantitative estimate of drug-likeness (QED) is 0.657. The molecule has 0 atom stereocenters. The van der Waals surface area contributed by atoms with Crippen LogP contribution in [-0.2, 0) is 5.33 Å². The molecule has 1 nitrogen and oxygen atoms in total. The lowest BCUT2D eigenvalue weighted by atomic mass is 10.2. The molecule has 0 saturated heterocycles.